The minimum atomic E-state index is -0.275. The van der Waals surface area contributed by atoms with Gasteiger partial charge in [-0.3, -0.25) is 0 Å². The molecule has 1 saturated heterocycles. The number of carbonyl (C=O) groups is 1. The largest absolute Gasteiger partial charge is 0.369 e. The molecule has 122 valence electrons. The van der Waals surface area contributed by atoms with E-state index in [9.17, 15) is 9.18 Å². The first kappa shape index (κ1) is 16.6. The molecule has 2 N–H and O–H groups in total. The van der Waals surface area contributed by atoms with E-state index in [0.29, 0.717) is 17.9 Å². The van der Waals surface area contributed by atoms with Crippen LogP contribution >= 0.6 is 0 Å². The van der Waals surface area contributed by atoms with Crippen molar-refractivity contribution >= 4 is 17.4 Å². The van der Waals surface area contributed by atoms with Gasteiger partial charge in [0.15, 0.2) is 0 Å². The highest BCUT2D eigenvalue weighted by atomic mass is 19.1. The number of urea groups is 1. The smallest absolute Gasteiger partial charge is 0.319 e. The van der Waals surface area contributed by atoms with Gasteiger partial charge < -0.3 is 15.5 Å². The summed E-state index contributed by atoms with van der Waals surface area (Å²) in [6, 6.07) is 4.62. The number of anilines is 2. The number of amides is 2. The maximum atomic E-state index is 14.1. The van der Waals surface area contributed by atoms with E-state index in [1.54, 1.807) is 12.1 Å². The van der Waals surface area contributed by atoms with Crippen LogP contribution < -0.4 is 15.5 Å². The van der Waals surface area contributed by atoms with Crippen LogP contribution in [0.25, 0.3) is 0 Å². The van der Waals surface area contributed by atoms with Gasteiger partial charge in [-0.15, -0.1) is 0 Å². The summed E-state index contributed by atoms with van der Waals surface area (Å²) in [5.41, 5.74) is 1.12. The van der Waals surface area contributed by atoms with Gasteiger partial charge in [-0.2, -0.15) is 0 Å². The molecule has 4 nitrogen and oxygen atoms in total. The van der Waals surface area contributed by atoms with E-state index in [1.807, 2.05) is 4.90 Å². The topological polar surface area (TPSA) is 44.4 Å². The third kappa shape index (κ3) is 4.90. The number of hydrogen-bond donors (Lipinski definition) is 2. The summed E-state index contributed by atoms with van der Waals surface area (Å²) in [7, 11) is 0. The van der Waals surface area contributed by atoms with Gasteiger partial charge >= 0.3 is 6.03 Å². The van der Waals surface area contributed by atoms with Crippen LogP contribution in [0.5, 0.6) is 0 Å². The Morgan fingerprint density at radius 3 is 2.68 bits per heavy atom. The Labute approximate surface area is 132 Å². The van der Waals surface area contributed by atoms with Crippen molar-refractivity contribution in [1.29, 1.82) is 0 Å². The van der Waals surface area contributed by atoms with E-state index >= 15 is 0 Å². The highest BCUT2D eigenvalue weighted by Gasteiger charge is 2.16. The number of unbranched alkanes of at least 4 members (excludes halogenated alkanes) is 3. The lowest BCUT2D eigenvalue weighted by atomic mass is 10.2. The van der Waals surface area contributed by atoms with Crippen molar-refractivity contribution in [2.75, 3.05) is 29.9 Å². The molecule has 1 aliphatic heterocycles. The van der Waals surface area contributed by atoms with Crippen molar-refractivity contribution in [2.45, 2.75) is 45.4 Å². The maximum absolute atomic E-state index is 14.1. The monoisotopic (exact) mass is 307 g/mol. The Balaban J connectivity index is 1.80. The van der Waals surface area contributed by atoms with Gasteiger partial charge in [-0.05, 0) is 37.5 Å². The summed E-state index contributed by atoms with van der Waals surface area (Å²) >= 11 is 0. The molecule has 0 aliphatic carbocycles. The molecule has 0 aromatic heterocycles. The number of halogens is 1. The Morgan fingerprint density at radius 2 is 2.00 bits per heavy atom. The van der Waals surface area contributed by atoms with Crippen LogP contribution in [0, 0.1) is 5.82 Å². The molecule has 0 saturated carbocycles. The highest BCUT2D eigenvalue weighted by molar-refractivity contribution is 5.89. The number of nitrogens with one attached hydrogen (secondary N) is 2. The van der Waals surface area contributed by atoms with E-state index in [2.05, 4.69) is 17.6 Å². The molecule has 22 heavy (non-hydrogen) atoms. The Hall–Kier alpha value is -1.78. The van der Waals surface area contributed by atoms with Gasteiger partial charge in [0.2, 0.25) is 0 Å². The van der Waals surface area contributed by atoms with Crippen molar-refractivity contribution in [3.63, 3.8) is 0 Å². The van der Waals surface area contributed by atoms with Gasteiger partial charge in [0, 0.05) is 25.3 Å². The van der Waals surface area contributed by atoms with Crippen molar-refractivity contribution in [2.24, 2.45) is 0 Å². The third-order valence-electron chi connectivity index (χ3n) is 3.97. The van der Waals surface area contributed by atoms with Crippen molar-refractivity contribution in [3.8, 4) is 0 Å². The molecule has 0 unspecified atom stereocenters. The second-order valence-corrected chi connectivity index (χ2v) is 5.80. The first-order valence-corrected chi connectivity index (χ1v) is 8.30. The molecule has 2 rings (SSSR count). The fourth-order valence-electron chi connectivity index (χ4n) is 2.73. The molecule has 1 aliphatic rings. The molecule has 1 fully saturated rings. The van der Waals surface area contributed by atoms with Crippen LogP contribution in [0.2, 0.25) is 0 Å². The highest BCUT2D eigenvalue weighted by Crippen LogP contribution is 2.25. The van der Waals surface area contributed by atoms with Crippen LogP contribution in [0.15, 0.2) is 18.2 Å². The van der Waals surface area contributed by atoms with Gasteiger partial charge in [-0.1, -0.05) is 26.2 Å². The molecule has 0 radical (unpaired) electrons. The first-order valence-electron chi connectivity index (χ1n) is 8.30. The van der Waals surface area contributed by atoms with E-state index in [1.165, 1.54) is 18.9 Å². The number of nitrogens with zero attached hydrogens (tertiary/aromatic N) is 1. The quantitative estimate of drug-likeness (QED) is 0.744. The number of rotatable bonds is 7. The van der Waals surface area contributed by atoms with Gasteiger partial charge in [0.05, 0.1) is 5.69 Å². The lowest BCUT2D eigenvalue weighted by Crippen LogP contribution is -2.29. The number of carbonyl (C=O) groups excluding carboxylic acids is 1. The maximum Gasteiger partial charge on any atom is 0.319 e. The molecule has 2 amide bonds. The first-order chi connectivity index (χ1) is 10.7. The van der Waals surface area contributed by atoms with Crippen LogP contribution in [-0.4, -0.2) is 25.7 Å². The normalized spacial score (nSPS) is 14.2. The summed E-state index contributed by atoms with van der Waals surface area (Å²) in [5.74, 6) is -0.275. The minimum Gasteiger partial charge on any atom is -0.369 e. The van der Waals surface area contributed by atoms with Gasteiger partial charge in [-0.25, -0.2) is 9.18 Å². The molecular weight excluding hydrogens is 281 g/mol. The number of benzene rings is 1. The molecular formula is C17H26FN3O. The lowest BCUT2D eigenvalue weighted by Gasteiger charge is -2.19. The molecule has 1 aromatic carbocycles. The Kier molecular flexibility index (Phi) is 6.49. The molecule has 5 heteroatoms. The summed E-state index contributed by atoms with van der Waals surface area (Å²) in [5, 5.41) is 5.48. The van der Waals surface area contributed by atoms with E-state index < -0.39 is 0 Å². The van der Waals surface area contributed by atoms with Crippen LogP contribution in [0.1, 0.15) is 45.4 Å². The Morgan fingerprint density at radius 1 is 1.23 bits per heavy atom. The summed E-state index contributed by atoms with van der Waals surface area (Å²) in [4.78, 5) is 13.8. The summed E-state index contributed by atoms with van der Waals surface area (Å²) in [6.45, 7) is 4.62. The van der Waals surface area contributed by atoms with Crippen LogP contribution in [-0.2, 0) is 0 Å². The fourth-order valence-corrected chi connectivity index (χ4v) is 2.73. The standard InChI is InChI=1S/C17H26FN3O/c1-2-3-4-5-10-19-17(22)20-14-8-9-16(15(18)13-14)21-11-6-7-12-21/h8-9,13H,2-7,10-12H2,1H3,(H2,19,20,22). The zero-order valence-electron chi connectivity index (χ0n) is 13.3. The fraction of sp³-hybridized carbons (Fsp3) is 0.588. The van der Waals surface area contributed by atoms with Crippen LogP contribution in [0.3, 0.4) is 0 Å². The van der Waals surface area contributed by atoms with E-state index in [0.717, 1.165) is 38.8 Å². The average molecular weight is 307 g/mol. The second-order valence-electron chi connectivity index (χ2n) is 5.80. The van der Waals surface area contributed by atoms with Gasteiger partial charge in [0.25, 0.3) is 0 Å². The average Bonchev–Trinajstić information content (AvgIpc) is 3.01. The SMILES string of the molecule is CCCCCCNC(=O)Nc1ccc(N2CCCC2)c(F)c1. The zero-order chi connectivity index (χ0) is 15.8. The number of hydrogen-bond acceptors (Lipinski definition) is 2. The molecule has 0 atom stereocenters. The van der Waals surface area contributed by atoms with E-state index in [4.69, 9.17) is 0 Å². The predicted octanol–water partition coefficient (Wildman–Crippen LogP) is 4.13. The summed E-state index contributed by atoms with van der Waals surface area (Å²) < 4.78 is 14.1. The summed E-state index contributed by atoms with van der Waals surface area (Å²) in [6.07, 6.45) is 6.68. The molecule has 1 heterocycles. The van der Waals surface area contributed by atoms with Gasteiger partial charge in [0.1, 0.15) is 5.82 Å². The minimum absolute atomic E-state index is 0.273. The third-order valence-corrected chi connectivity index (χ3v) is 3.97. The second kappa shape index (κ2) is 8.61. The van der Waals surface area contributed by atoms with Crippen molar-refractivity contribution < 1.29 is 9.18 Å². The van der Waals surface area contributed by atoms with Crippen molar-refractivity contribution in [1.82, 2.24) is 5.32 Å². The predicted molar refractivity (Wildman–Crippen MR) is 89.0 cm³/mol. The lowest BCUT2D eigenvalue weighted by molar-refractivity contribution is 0.252. The van der Waals surface area contributed by atoms with E-state index in [-0.39, 0.29) is 11.8 Å². The Bertz CT molecular complexity index is 487. The zero-order valence-corrected chi connectivity index (χ0v) is 13.3. The van der Waals surface area contributed by atoms with Crippen molar-refractivity contribution in [3.05, 3.63) is 24.0 Å². The van der Waals surface area contributed by atoms with Crippen LogP contribution in [0.4, 0.5) is 20.6 Å². The molecule has 0 bridgehead atoms. The molecule has 1 aromatic rings. The molecule has 0 spiro atoms.